The van der Waals surface area contributed by atoms with Gasteiger partial charge in [-0.1, -0.05) is 24.6 Å². The largest absolute Gasteiger partial charge is 0.380 e. The molecular formula is C12H14ClN3O3S. The molecule has 3 heterocycles. The van der Waals surface area contributed by atoms with Crippen LogP contribution in [-0.2, 0) is 14.8 Å². The maximum Gasteiger partial charge on any atom is 0.259 e. The van der Waals surface area contributed by atoms with Gasteiger partial charge in [-0.25, -0.2) is 18.1 Å². The van der Waals surface area contributed by atoms with E-state index in [0.717, 1.165) is 0 Å². The molecule has 0 unspecified atom stereocenters. The zero-order valence-corrected chi connectivity index (χ0v) is 12.4. The van der Waals surface area contributed by atoms with E-state index in [1.165, 1.54) is 4.40 Å². The summed E-state index contributed by atoms with van der Waals surface area (Å²) >= 11 is 5.97. The number of hydrogen-bond acceptors (Lipinski definition) is 4. The van der Waals surface area contributed by atoms with Gasteiger partial charge in [0.05, 0.1) is 13.2 Å². The number of aromatic nitrogens is 2. The van der Waals surface area contributed by atoms with Crippen molar-refractivity contribution in [2.24, 2.45) is 5.41 Å². The second-order valence-corrected chi connectivity index (χ2v) is 7.30. The molecule has 1 saturated heterocycles. The van der Waals surface area contributed by atoms with Crippen molar-refractivity contribution in [3.63, 3.8) is 0 Å². The second kappa shape index (κ2) is 4.70. The Balaban J connectivity index is 1.94. The number of hydrogen-bond donors (Lipinski definition) is 1. The average molecular weight is 316 g/mol. The fourth-order valence-electron chi connectivity index (χ4n) is 2.08. The van der Waals surface area contributed by atoms with E-state index in [0.29, 0.717) is 25.4 Å². The van der Waals surface area contributed by atoms with E-state index in [1.807, 2.05) is 6.92 Å². The van der Waals surface area contributed by atoms with Crippen molar-refractivity contribution >= 4 is 27.3 Å². The van der Waals surface area contributed by atoms with E-state index in [1.54, 1.807) is 24.4 Å². The van der Waals surface area contributed by atoms with E-state index in [-0.39, 0.29) is 15.6 Å². The van der Waals surface area contributed by atoms with Gasteiger partial charge in [-0.05, 0) is 12.1 Å². The van der Waals surface area contributed by atoms with Crippen LogP contribution in [0.2, 0.25) is 5.15 Å². The lowest BCUT2D eigenvalue weighted by atomic mass is 9.89. The summed E-state index contributed by atoms with van der Waals surface area (Å²) < 4.78 is 34.0. The van der Waals surface area contributed by atoms with Crippen molar-refractivity contribution in [2.45, 2.75) is 11.9 Å². The normalized spacial score (nSPS) is 18.1. The molecule has 0 atom stereocenters. The van der Waals surface area contributed by atoms with Crippen LogP contribution < -0.4 is 4.72 Å². The first-order valence-corrected chi connectivity index (χ1v) is 7.97. The molecule has 6 nitrogen and oxygen atoms in total. The highest BCUT2D eigenvalue weighted by atomic mass is 35.5. The third kappa shape index (κ3) is 2.31. The smallest absolute Gasteiger partial charge is 0.259 e. The van der Waals surface area contributed by atoms with Gasteiger partial charge < -0.3 is 4.74 Å². The maximum atomic E-state index is 12.4. The zero-order valence-electron chi connectivity index (χ0n) is 10.8. The third-order valence-electron chi connectivity index (χ3n) is 3.29. The molecule has 0 bridgehead atoms. The number of fused-ring (bicyclic) bond motifs is 1. The van der Waals surface area contributed by atoms with Gasteiger partial charge in [0.25, 0.3) is 10.0 Å². The Kier molecular flexibility index (Phi) is 3.24. The Morgan fingerprint density at radius 1 is 1.50 bits per heavy atom. The van der Waals surface area contributed by atoms with Gasteiger partial charge >= 0.3 is 0 Å². The Labute approximate surface area is 121 Å². The Bertz CT molecular complexity index is 752. The lowest BCUT2D eigenvalue weighted by molar-refractivity contribution is -0.0965. The highest BCUT2D eigenvalue weighted by Gasteiger charge is 2.35. The number of halogens is 1. The molecule has 0 aliphatic carbocycles. The number of nitrogens with zero attached hydrogens (tertiary/aromatic N) is 2. The van der Waals surface area contributed by atoms with Crippen LogP contribution in [0.3, 0.4) is 0 Å². The summed E-state index contributed by atoms with van der Waals surface area (Å²) in [6.07, 6.45) is 1.62. The monoisotopic (exact) mass is 315 g/mol. The van der Waals surface area contributed by atoms with Crippen molar-refractivity contribution in [1.82, 2.24) is 14.1 Å². The standard InChI is InChI=1S/C12H14ClN3O3S/c1-12(7-19-8-12)6-14-20(17,18)11-10(13)15-9-4-2-3-5-16(9)11/h2-5,14H,6-8H2,1H3. The molecule has 0 aromatic carbocycles. The average Bonchev–Trinajstić information content (AvgIpc) is 2.70. The number of rotatable bonds is 4. The van der Waals surface area contributed by atoms with Crippen molar-refractivity contribution < 1.29 is 13.2 Å². The minimum atomic E-state index is -3.72. The molecule has 0 amide bonds. The first-order chi connectivity index (χ1) is 9.41. The molecule has 0 saturated carbocycles. The fraction of sp³-hybridized carbons (Fsp3) is 0.417. The molecule has 0 spiro atoms. The first-order valence-electron chi connectivity index (χ1n) is 6.11. The predicted octanol–water partition coefficient (Wildman–Crippen LogP) is 1.30. The third-order valence-corrected chi connectivity index (χ3v) is 5.09. The summed E-state index contributed by atoms with van der Waals surface area (Å²) in [7, 11) is -3.72. The van der Waals surface area contributed by atoms with Crippen LogP contribution in [0.4, 0.5) is 0 Å². The van der Waals surface area contributed by atoms with Crippen LogP contribution in [0.1, 0.15) is 6.92 Å². The minimum Gasteiger partial charge on any atom is -0.380 e. The summed E-state index contributed by atoms with van der Waals surface area (Å²) in [5, 5.41) is -0.0580. The van der Waals surface area contributed by atoms with E-state index >= 15 is 0 Å². The van der Waals surface area contributed by atoms with Crippen molar-refractivity contribution in [1.29, 1.82) is 0 Å². The molecule has 1 fully saturated rings. The van der Waals surface area contributed by atoms with Gasteiger partial charge in [0.1, 0.15) is 5.65 Å². The van der Waals surface area contributed by atoms with Crippen LogP contribution in [0.25, 0.3) is 5.65 Å². The van der Waals surface area contributed by atoms with Crippen LogP contribution in [-0.4, -0.2) is 37.6 Å². The van der Waals surface area contributed by atoms with Gasteiger partial charge in [0.2, 0.25) is 0 Å². The fourth-order valence-corrected chi connectivity index (χ4v) is 3.91. The van der Waals surface area contributed by atoms with Crippen molar-refractivity contribution in [3.8, 4) is 0 Å². The summed E-state index contributed by atoms with van der Waals surface area (Å²) in [4.78, 5) is 4.04. The summed E-state index contributed by atoms with van der Waals surface area (Å²) in [5.74, 6) is 0. The van der Waals surface area contributed by atoms with E-state index in [9.17, 15) is 8.42 Å². The number of sulfonamides is 1. The molecule has 2 aromatic heterocycles. The van der Waals surface area contributed by atoms with Gasteiger partial charge in [-0.15, -0.1) is 0 Å². The Hall–Kier alpha value is -1.15. The number of pyridine rings is 1. The van der Waals surface area contributed by atoms with Crippen molar-refractivity contribution in [3.05, 3.63) is 29.5 Å². The molecule has 2 aromatic rings. The lowest BCUT2D eigenvalue weighted by Gasteiger charge is -2.37. The molecule has 1 aliphatic heterocycles. The van der Waals surface area contributed by atoms with E-state index in [4.69, 9.17) is 16.3 Å². The Morgan fingerprint density at radius 3 is 2.90 bits per heavy atom. The van der Waals surface area contributed by atoms with Gasteiger partial charge in [0.15, 0.2) is 10.2 Å². The molecule has 20 heavy (non-hydrogen) atoms. The summed E-state index contributed by atoms with van der Waals surface area (Å²) in [5.41, 5.74) is 0.344. The molecule has 0 radical (unpaired) electrons. The van der Waals surface area contributed by atoms with E-state index in [2.05, 4.69) is 9.71 Å². The lowest BCUT2D eigenvalue weighted by Crippen LogP contribution is -2.48. The van der Waals surface area contributed by atoms with Crippen molar-refractivity contribution in [2.75, 3.05) is 19.8 Å². The molecule has 3 rings (SSSR count). The maximum absolute atomic E-state index is 12.4. The molecule has 108 valence electrons. The second-order valence-electron chi connectivity index (χ2n) is 5.26. The predicted molar refractivity (Wildman–Crippen MR) is 74.3 cm³/mol. The number of nitrogens with one attached hydrogen (secondary N) is 1. The van der Waals surface area contributed by atoms with Gasteiger partial charge in [0, 0.05) is 18.2 Å². The van der Waals surface area contributed by atoms with Gasteiger partial charge in [-0.2, -0.15) is 0 Å². The minimum absolute atomic E-state index is 0.0290. The van der Waals surface area contributed by atoms with Crippen LogP contribution in [0, 0.1) is 5.41 Å². The topological polar surface area (TPSA) is 72.7 Å². The molecule has 8 heteroatoms. The molecular weight excluding hydrogens is 302 g/mol. The zero-order chi connectivity index (χ0) is 14.4. The Morgan fingerprint density at radius 2 is 2.25 bits per heavy atom. The quantitative estimate of drug-likeness (QED) is 0.923. The SMILES string of the molecule is CC1(CNS(=O)(=O)c2c(Cl)nc3ccccn23)COC1. The highest BCUT2D eigenvalue weighted by molar-refractivity contribution is 7.89. The van der Waals surface area contributed by atoms with Crippen LogP contribution >= 0.6 is 11.6 Å². The highest BCUT2D eigenvalue weighted by Crippen LogP contribution is 2.27. The van der Waals surface area contributed by atoms with Gasteiger partial charge in [-0.3, -0.25) is 4.40 Å². The van der Waals surface area contributed by atoms with Crippen LogP contribution in [0.5, 0.6) is 0 Å². The number of imidazole rings is 1. The van der Waals surface area contributed by atoms with E-state index < -0.39 is 10.0 Å². The molecule has 1 N–H and O–H groups in total. The summed E-state index contributed by atoms with van der Waals surface area (Å²) in [6, 6.07) is 5.20. The van der Waals surface area contributed by atoms with Crippen LogP contribution in [0.15, 0.2) is 29.4 Å². The summed E-state index contributed by atoms with van der Waals surface area (Å²) in [6.45, 7) is 3.38. The molecule has 1 aliphatic rings. The first kappa shape index (κ1) is 13.8. The number of ether oxygens (including phenoxy) is 1.